The Labute approximate surface area is 181 Å². The monoisotopic (exact) mass is 421 g/mol. The number of likely N-dealkylation sites (tertiary alicyclic amines) is 1. The molecule has 2 aliphatic rings. The summed E-state index contributed by atoms with van der Waals surface area (Å²) < 4.78 is 17.1. The number of rotatable bonds is 6. The van der Waals surface area contributed by atoms with Gasteiger partial charge < -0.3 is 19.1 Å². The molecule has 4 atom stereocenters. The molecule has 3 aromatic rings. The van der Waals surface area contributed by atoms with Crippen molar-refractivity contribution in [3.05, 3.63) is 60.6 Å². The highest BCUT2D eigenvalue weighted by molar-refractivity contribution is 5.57. The first kappa shape index (κ1) is 20.0. The molecule has 0 bridgehead atoms. The van der Waals surface area contributed by atoms with Gasteiger partial charge in [-0.25, -0.2) is 0 Å². The summed E-state index contributed by atoms with van der Waals surface area (Å²) >= 11 is 0. The van der Waals surface area contributed by atoms with Gasteiger partial charge in [0.1, 0.15) is 11.8 Å². The van der Waals surface area contributed by atoms with Crippen LogP contribution in [0.3, 0.4) is 0 Å². The second-order valence-corrected chi connectivity index (χ2v) is 8.48. The number of aliphatic hydroxyl groups excluding tert-OH is 1. The first-order chi connectivity index (χ1) is 15.2. The highest BCUT2D eigenvalue weighted by Gasteiger charge is 2.43. The molecule has 1 aliphatic heterocycles. The molecule has 0 radical (unpaired) electrons. The highest BCUT2D eigenvalue weighted by Crippen LogP contribution is 2.39. The van der Waals surface area contributed by atoms with Crippen molar-refractivity contribution in [1.82, 2.24) is 15.0 Å². The number of methoxy groups -OCH3 is 1. The Hall–Kier alpha value is -2.90. The van der Waals surface area contributed by atoms with Crippen LogP contribution in [0.2, 0.25) is 0 Å². The van der Waals surface area contributed by atoms with Crippen molar-refractivity contribution in [2.45, 2.75) is 31.6 Å². The summed E-state index contributed by atoms with van der Waals surface area (Å²) in [5.41, 5.74) is 1.76. The van der Waals surface area contributed by atoms with Gasteiger partial charge in [0.15, 0.2) is 17.3 Å². The molecule has 1 aromatic carbocycles. The molecule has 1 aliphatic carbocycles. The van der Waals surface area contributed by atoms with E-state index in [-0.39, 0.29) is 6.10 Å². The van der Waals surface area contributed by atoms with Gasteiger partial charge in [-0.1, -0.05) is 17.3 Å². The Balaban J connectivity index is 1.21. The Morgan fingerprint density at radius 1 is 1.10 bits per heavy atom. The molecule has 3 heterocycles. The predicted octanol–water partition coefficient (Wildman–Crippen LogP) is 3.40. The van der Waals surface area contributed by atoms with Crippen molar-refractivity contribution in [2.24, 2.45) is 11.8 Å². The molecule has 1 saturated carbocycles. The van der Waals surface area contributed by atoms with E-state index in [0.717, 1.165) is 42.9 Å². The SMILES string of the molecule is COc1ccccc1O[C@@H]1C[C@@H]2CN(Cc3cc(-c4cccnc4)no3)C[C@@H]2C[C@H]1O. The maximum Gasteiger partial charge on any atom is 0.161 e. The van der Waals surface area contributed by atoms with Crippen LogP contribution in [0.5, 0.6) is 11.5 Å². The Morgan fingerprint density at radius 2 is 1.90 bits per heavy atom. The zero-order valence-electron chi connectivity index (χ0n) is 17.6. The van der Waals surface area contributed by atoms with Crippen LogP contribution < -0.4 is 9.47 Å². The number of hydrogen-bond acceptors (Lipinski definition) is 7. The second-order valence-electron chi connectivity index (χ2n) is 8.48. The van der Waals surface area contributed by atoms with Crippen molar-refractivity contribution < 1.29 is 19.1 Å². The lowest BCUT2D eigenvalue weighted by atomic mass is 9.78. The van der Waals surface area contributed by atoms with E-state index in [1.165, 1.54) is 0 Å². The van der Waals surface area contributed by atoms with Crippen LogP contribution in [0.1, 0.15) is 18.6 Å². The van der Waals surface area contributed by atoms with Crippen molar-refractivity contribution in [3.8, 4) is 22.8 Å². The summed E-state index contributed by atoms with van der Waals surface area (Å²) in [7, 11) is 1.63. The zero-order valence-corrected chi connectivity index (χ0v) is 17.6. The van der Waals surface area contributed by atoms with Crippen molar-refractivity contribution in [2.75, 3.05) is 20.2 Å². The zero-order chi connectivity index (χ0) is 21.2. The summed E-state index contributed by atoms with van der Waals surface area (Å²) in [6.45, 7) is 2.63. The molecule has 5 rings (SSSR count). The van der Waals surface area contributed by atoms with Gasteiger partial charge in [0.05, 0.1) is 19.8 Å². The minimum Gasteiger partial charge on any atom is -0.493 e. The normalized spacial score (nSPS) is 25.9. The molecule has 1 saturated heterocycles. The Kier molecular flexibility index (Phi) is 5.61. The first-order valence-electron chi connectivity index (χ1n) is 10.8. The third-order valence-corrected chi connectivity index (χ3v) is 6.40. The molecule has 1 N–H and O–H groups in total. The average Bonchev–Trinajstić information content (AvgIpc) is 3.41. The molecular weight excluding hydrogens is 394 g/mol. The van der Waals surface area contributed by atoms with Crippen molar-refractivity contribution in [3.63, 3.8) is 0 Å². The van der Waals surface area contributed by atoms with Crippen LogP contribution >= 0.6 is 0 Å². The number of benzene rings is 1. The molecule has 31 heavy (non-hydrogen) atoms. The lowest BCUT2D eigenvalue weighted by Crippen LogP contribution is -2.42. The third-order valence-electron chi connectivity index (χ3n) is 6.40. The van der Waals surface area contributed by atoms with Gasteiger partial charge >= 0.3 is 0 Å². The van der Waals surface area contributed by atoms with Crippen LogP contribution in [0.15, 0.2) is 59.4 Å². The molecule has 0 amide bonds. The minimum atomic E-state index is -0.478. The summed E-state index contributed by atoms with van der Waals surface area (Å²) in [6.07, 6.45) is 4.41. The molecule has 2 aromatic heterocycles. The standard InChI is InChI=1S/C24H27N3O4/c1-29-22-6-2-3-7-23(22)30-24-10-18-14-27(13-17(18)9-21(24)28)15-19-11-20(26-31-19)16-5-4-8-25-12-16/h2-8,11-12,17-18,21,24,28H,9-10,13-15H2,1H3/t17-,18+,21+,24+/m0/s1. The summed E-state index contributed by atoms with van der Waals surface area (Å²) in [4.78, 5) is 6.53. The molecule has 162 valence electrons. The highest BCUT2D eigenvalue weighted by atomic mass is 16.5. The van der Waals surface area contributed by atoms with Crippen LogP contribution in [0, 0.1) is 11.8 Å². The number of ether oxygens (including phenoxy) is 2. The number of pyridine rings is 1. The lowest BCUT2D eigenvalue weighted by Gasteiger charge is -2.35. The van der Waals surface area contributed by atoms with E-state index >= 15 is 0 Å². The molecule has 7 nitrogen and oxygen atoms in total. The van der Waals surface area contributed by atoms with Crippen molar-refractivity contribution in [1.29, 1.82) is 0 Å². The van der Waals surface area contributed by atoms with Gasteiger partial charge in [0.25, 0.3) is 0 Å². The summed E-state index contributed by atoms with van der Waals surface area (Å²) in [6, 6.07) is 13.5. The largest absolute Gasteiger partial charge is 0.493 e. The van der Waals surface area contributed by atoms with Gasteiger partial charge in [0, 0.05) is 37.1 Å². The fourth-order valence-electron chi connectivity index (χ4n) is 4.88. The molecule has 0 unspecified atom stereocenters. The van der Waals surface area contributed by atoms with Gasteiger partial charge in [-0.05, 0) is 48.9 Å². The van der Waals surface area contributed by atoms with Gasteiger partial charge in [-0.15, -0.1) is 0 Å². The van der Waals surface area contributed by atoms with Crippen molar-refractivity contribution >= 4 is 0 Å². The minimum absolute atomic E-state index is 0.222. The fraction of sp³-hybridized carbons (Fsp3) is 0.417. The first-order valence-corrected chi connectivity index (χ1v) is 10.8. The van der Waals surface area contributed by atoms with Crippen LogP contribution in [-0.2, 0) is 6.54 Å². The lowest BCUT2D eigenvalue weighted by molar-refractivity contribution is -0.0240. The summed E-state index contributed by atoms with van der Waals surface area (Å²) in [5, 5.41) is 14.9. The van der Waals surface area contributed by atoms with Crippen LogP contribution in [-0.4, -0.2) is 52.6 Å². The van der Waals surface area contributed by atoms with Crippen LogP contribution in [0.25, 0.3) is 11.3 Å². The van der Waals surface area contributed by atoms with Gasteiger partial charge in [-0.3, -0.25) is 9.88 Å². The number of nitrogens with zero attached hydrogens (tertiary/aromatic N) is 3. The van der Waals surface area contributed by atoms with Gasteiger partial charge in [-0.2, -0.15) is 0 Å². The number of para-hydroxylation sites is 2. The van der Waals surface area contributed by atoms with Gasteiger partial charge in [0.2, 0.25) is 0 Å². The number of aromatic nitrogens is 2. The molecule has 7 heteroatoms. The van der Waals surface area contributed by atoms with Crippen LogP contribution in [0.4, 0.5) is 0 Å². The quantitative estimate of drug-likeness (QED) is 0.653. The third kappa shape index (κ3) is 4.29. The molecular formula is C24H27N3O4. The van der Waals surface area contributed by atoms with E-state index in [9.17, 15) is 5.11 Å². The smallest absolute Gasteiger partial charge is 0.161 e. The Bertz CT molecular complexity index is 1010. The topological polar surface area (TPSA) is 80.9 Å². The summed E-state index contributed by atoms with van der Waals surface area (Å²) in [5.74, 6) is 3.18. The molecule has 2 fully saturated rings. The predicted molar refractivity (Wildman–Crippen MR) is 115 cm³/mol. The molecule has 0 spiro atoms. The van der Waals surface area contributed by atoms with E-state index in [4.69, 9.17) is 14.0 Å². The van der Waals surface area contributed by atoms with E-state index in [1.54, 1.807) is 19.5 Å². The van der Waals surface area contributed by atoms with E-state index in [2.05, 4.69) is 15.0 Å². The van der Waals surface area contributed by atoms with E-state index in [0.29, 0.717) is 29.9 Å². The maximum absolute atomic E-state index is 10.7. The Morgan fingerprint density at radius 3 is 2.68 bits per heavy atom. The number of hydrogen-bond donors (Lipinski definition) is 1. The maximum atomic E-state index is 10.7. The van der Waals surface area contributed by atoms with E-state index < -0.39 is 6.10 Å². The average molecular weight is 421 g/mol. The number of aliphatic hydroxyl groups is 1. The van der Waals surface area contributed by atoms with E-state index in [1.807, 2.05) is 42.5 Å². The number of fused-ring (bicyclic) bond motifs is 1. The second kappa shape index (κ2) is 8.69. The fourth-order valence-corrected chi connectivity index (χ4v) is 4.88.